The topological polar surface area (TPSA) is 9.23 Å². The molecule has 0 N–H and O–H groups in total. The van der Waals surface area contributed by atoms with Crippen LogP contribution in [0.25, 0.3) is 0 Å². The summed E-state index contributed by atoms with van der Waals surface area (Å²) in [5.74, 6) is 2.16. The first-order chi connectivity index (χ1) is 11.7. The summed E-state index contributed by atoms with van der Waals surface area (Å²) >= 11 is 0. The van der Waals surface area contributed by atoms with Gasteiger partial charge in [-0.05, 0) is 55.7 Å². The van der Waals surface area contributed by atoms with Gasteiger partial charge in [-0.15, -0.1) is 0 Å². The summed E-state index contributed by atoms with van der Waals surface area (Å²) in [6.07, 6.45) is 1.07. The van der Waals surface area contributed by atoms with Crippen LogP contribution in [0, 0.1) is 13.8 Å². The summed E-state index contributed by atoms with van der Waals surface area (Å²) in [6.45, 7) is 6.44. The Labute approximate surface area is 144 Å². The van der Waals surface area contributed by atoms with E-state index in [9.17, 15) is 0 Å². The third-order valence-electron chi connectivity index (χ3n) is 4.41. The normalized spacial score (nSPS) is 12.0. The molecule has 1 heteroatoms. The van der Waals surface area contributed by atoms with Crippen LogP contribution < -0.4 is 4.74 Å². The van der Waals surface area contributed by atoms with Gasteiger partial charge in [0.15, 0.2) is 0 Å². The summed E-state index contributed by atoms with van der Waals surface area (Å²) in [5, 5.41) is 0. The average molecular weight is 316 g/mol. The van der Waals surface area contributed by atoms with Crippen molar-refractivity contribution in [2.24, 2.45) is 0 Å². The molecule has 0 aliphatic heterocycles. The molecule has 1 nitrogen and oxygen atoms in total. The van der Waals surface area contributed by atoms with Gasteiger partial charge in [0.2, 0.25) is 0 Å². The highest BCUT2D eigenvalue weighted by molar-refractivity contribution is 5.40. The van der Waals surface area contributed by atoms with Crippen LogP contribution in [0.3, 0.4) is 0 Å². The van der Waals surface area contributed by atoms with E-state index in [1.807, 2.05) is 18.2 Å². The van der Waals surface area contributed by atoms with Crippen molar-refractivity contribution >= 4 is 0 Å². The largest absolute Gasteiger partial charge is 0.457 e. The van der Waals surface area contributed by atoms with Crippen molar-refractivity contribution in [1.29, 1.82) is 0 Å². The zero-order valence-corrected chi connectivity index (χ0v) is 14.6. The molecule has 122 valence electrons. The van der Waals surface area contributed by atoms with Gasteiger partial charge in [-0.3, -0.25) is 0 Å². The maximum absolute atomic E-state index is 6.02. The van der Waals surface area contributed by atoms with E-state index < -0.39 is 0 Å². The fraction of sp³-hybridized carbons (Fsp3) is 0.217. The first-order valence-corrected chi connectivity index (χ1v) is 8.57. The lowest BCUT2D eigenvalue weighted by molar-refractivity contribution is 0.481. The van der Waals surface area contributed by atoms with Gasteiger partial charge in [0, 0.05) is 5.92 Å². The number of benzene rings is 3. The molecule has 3 aromatic carbocycles. The van der Waals surface area contributed by atoms with Crippen LogP contribution in [-0.2, 0) is 0 Å². The van der Waals surface area contributed by atoms with E-state index in [0.717, 1.165) is 17.9 Å². The van der Waals surface area contributed by atoms with Gasteiger partial charge in [0.1, 0.15) is 11.5 Å². The minimum Gasteiger partial charge on any atom is -0.457 e. The maximum atomic E-state index is 6.02. The highest BCUT2D eigenvalue weighted by Gasteiger charge is 2.13. The van der Waals surface area contributed by atoms with Crippen LogP contribution in [-0.4, -0.2) is 0 Å². The van der Waals surface area contributed by atoms with E-state index >= 15 is 0 Å². The Bertz CT molecular complexity index is 785. The van der Waals surface area contributed by atoms with E-state index in [1.165, 1.54) is 22.3 Å². The molecule has 0 aliphatic rings. The lowest BCUT2D eigenvalue weighted by atomic mass is 9.89. The molecular weight excluding hydrogens is 292 g/mol. The third-order valence-corrected chi connectivity index (χ3v) is 4.41. The van der Waals surface area contributed by atoms with Crippen LogP contribution in [0.5, 0.6) is 11.5 Å². The second-order valence-electron chi connectivity index (χ2n) is 6.36. The maximum Gasteiger partial charge on any atom is 0.127 e. The summed E-state index contributed by atoms with van der Waals surface area (Å²) in [5.41, 5.74) is 5.19. The van der Waals surface area contributed by atoms with E-state index in [-0.39, 0.29) is 0 Å². The number of aryl methyl sites for hydroxylation is 2. The standard InChI is InChI=1S/C23H24O/c1-4-23(19-12-8-17(2)9-13-19)20-6-5-7-22(16-20)24-21-14-10-18(3)11-15-21/h5-16,23H,4H2,1-3H3. The molecule has 0 amide bonds. The fourth-order valence-corrected chi connectivity index (χ4v) is 3.00. The first-order valence-electron chi connectivity index (χ1n) is 8.57. The first kappa shape index (κ1) is 16.3. The number of hydrogen-bond donors (Lipinski definition) is 0. The Morgan fingerprint density at radius 3 is 1.96 bits per heavy atom. The van der Waals surface area contributed by atoms with Gasteiger partial charge < -0.3 is 4.74 Å². The van der Waals surface area contributed by atoms with E-state index in [0.29, 0.717) is 5.92 Å². The monoisotopic (exact) mass is 316 g/mol. The molecule has 0 spiro atoms. The molecular formula is C23H24O. The Morgan fingerprint density at radius 2 is 1.33 bits per heavy atom. The lowest BCUT2D eigenvalue weighted by Crippen LogP contribution is -2.00. The highest BCUT2D eigenvalue weighted by Crippen LogP contribution is 2.31. The minimum atomic E-state index is 0.396. The van der Waals surface area contributed by atoms with E-state index in [1.54, 1.807) is 0 Å². The van der Waals surface area contributed by atoms with E-state index in [4.69, 9.17) is 4.74 Å². The molecule has 0 saturated heterocycles. The van der Waals surface area contributed by atoms with Gasteiger partial charge in [-0.25, -0.2) is 0 Å². The molecule has 0 heterocycles. The summed E-state index contributed by atoms with van der Waals surface area (Å²) in [4.78, 5) is 0. The Kier molecular flexibility index (Phi) is 5.00. The predicted octanol–water partition coefficient (Wildman–Crippen LogP) is 6.64. The van der Waals surface area contributed by atoms with Crippen LogP contribution >= 0.6 is 0 Å². The molecule has 0 bridgehead atoms. The lowest BCUT2D eigenvalue weighted by Gasteiger charge is -2.17. The van der Waals surface area contributed by atoms with Gasteiger partial charge in [-0.1, -0.05) is 66.6 Å². The van der Waals surface area contributed by atoms with Crippen molar-refractivity contribution in [3.05, 3.63) is 95.1 Å². The van der Waals surface area contributed by atoms with Gasteiger partial charge in [0.25, 0.3) is 0 Å². The van der Waals surface area contributed by atoms with Crippen molar-refractivity contribution in [1.82, 2.24) is 0 Å². The minimum absolute atomic E-state index is 0.396. The zero-order valence-electron chi connectivity index (χ0n) is 14.6. The van der Waals surface area contributed by atoms with Crippen molar-refractivity contribution in [2.75, 3.05) is 0 Å². The van der Waals surface area contributed by atoms with Gasteiger partial charge in [0.05, 0.1) is 0 Å². The second-order valence-corrected chi connectivity index (χ2v) is 6.36. The zero-order chi connectivity index (χ0) is 16.9. The van der Waals surface area contributed by atoms with Gasteiger partial charge in [-0.2, -0.15) is 0 Å². The average Bonchev–Trinajstić information content (AvgIpc) is 2.60. The molecule has 0 aromatic heterocycles. The van der Waals surface area contributed by atoms with E-state index in [2.05, 4.69) is 75.4 Å². The molecule has 24 heavy (non-hydrogen) atoms. The molecule has 1 unspecified atom stereocenters. The fourth-order valence-electron chi connectivity index (χ4n) is 3.00. The molecule has 0 aliphatic carbocycles. The molecule has 3 rings (SSSR count). The van der Waals surface area contributed by atoms with Crippen molar-refractivity contribution in [3.63, 3.8) is 0 Å². The molecule has 0 radical (unpaired) electrons. The number of ether oxygens (including phenoxy) is 1. The predicted molar refractivity (Wildman–Crippen MR) is 101 cm³/mol. The molecule has 0 fully saturated rings. The summed E-state index contributed by atoms with van der Waals surface area (Å²) in [6, 6.07) is 25.5. The van der Waals surface area contributed by atoms with Crippen molar-refractivity contribution < 1.29 is 4.74 Å². The summed E-state index contributed by atoms with van der Waals surface area (Å²) < 4.78 is 6.02. The second kappa shape index (κ2) is 7.35. The Hall–Kier alpha value is -2.54. The quantitative estimate of drug-likeness (QED) is 0.513. The Morgan fingerprint density at radius 1 is 0.708 bits per heavy atom. The SMILES string of the molecule is CCC(c1ccc(C)cc1)c1cccc(Oc2ccc(C)cc2)c1. The molecule has 0 saturated carbocycles. The summed E-state index contributed by atoms with van der Waals surface area (Å²) in [7, 11) is 0. The third kappa shape index (κ3) is 3.86. The van der Waals surface area contributed by atoms with Gasteiger partial charge >= 0.3 is 0 Å². The van der Waals surface area contributed by atoms with Crippen LogP contribution in [0.2, 0.25) is 0 Å². The van der Waals surface area contributed by atoms with Crippen LogP contribution in [0.15, 0.2) is 72.8 Å². The smallest absolute Gasteiger partial charge is 0.127 e. The molecule has 3 aromatic rings. The number of rotatable bonds is 5. The van der Waals surface area contributed by atoms with Crippen molar-refractivity contribution in [3.8, 4) is 11.5 Å². The van der Waals surface area contributed by atoms with Crippen molar-refractivity contribution in [2.45, 2.75) is 33.1 Å². The van der Waals surface area contributed by atoms with Crippen LogP contribution in [0.4, 0.5) is 0 Å². The molecule has 1 atom stereocenters. The van der Waals surface area contributed by atoms with Crippen LogP contribution in [0.1, 0.15) is 41.5 Å². The Balaban J connectivity index is 1.85. The number of hydrogen-bond acceptors (Lipinski definition) is 1. The highest BCUT2D eigenvalue weighted by atomic mass is 16.5.